The third-order valence-electron chi connectivity index (χ3n) is 3.46. The van der Waals surface area contributed by atoms with Crippen molar-refractivity contribution in [3.63, 3.8) is 0 Å². The zero-order chi connectivity index (χ0) is 14.8. The minimum absolute atomic E-state index is 0.0923. The second-order valence-corrected chi connectivity index (χ2v) is 6.70. The molecule has 1 aliphatic rings. The first-order chi connectivity index (χ1) is 9.42. The number of rotatable bonds is 3. The second kappa shape index (κ2) is 5.87. The lowest BCUT2D eigenvalue weighted by molar-refractivity contribution is 0.373. The molecule has 0 bridgehead atoms. The molecule has 0 spiro atoms. The van der Waals surface area contributed by atoms with Crippen molar-refractivity contribution in [2.75, 3.05) is 0 Å². The van der Waals surface area contributed by atoms with Crippen molar-refractivity contribution in [3.05, 3.63) is 29.6 Å². The van der Waals surface area contributed by atoms with Crippen LogP contribution in [0, 0.1) is 17.1 Å². The van der Waals surface area contributed by atoms with Crippen molar-refractivity contribution in [1.82, 2.24) is 4.72 Å². The van der Waals surface area contributed by atoms with Crippen molar-refractivity contribution >= 4 is 10.0 Å². The van der Waals surface area contributed by atoms with Crippen LogP contribution in [0.2, 0.25) is 0 Å². The fourth-order valence-corrected chi connectivity index (χ4v) is 3.61. The Hall–Kier alpha value is -1.49. The van der Waals surface area contributed by atoms with Gasteiger partial charge in [-0.3, -0.25) is 0 Å². The monoisotopic (exact) mass is 297 g/mol. The van der Waals surface area contributed by atoms with Crippen LogP contribution < -0.4 is 10.5 Å². The number of nitrogens with zero attached hydrogens (tertiary/aromatic N) is 1. The summed E-state index contributed by atoms with van der Waals surface area (Å²) in [7, 11) is -3.74. The van der Waals surface area contributed by atoms with Gasteiger partial charge in [-0.15, -0.1) is 0 Å². The zero-order valence-corrected chi connectivity index (χ0v) is 11.7. The first kappa shape index (κ1) is 14.9. The van der Waals surface area contributed by atoms with E-state index >= 15 is 0 Å². The molecular formula is C13H16FN3O2S. The van der Waals surface area contributed by atoms with Gasteiger partial charge >= 0.3 is 0 Å². The quantitative estimate of drug-likeness (QED) is 0.877. The third-order valence-corrected chi connectivity index (χ3v) is 4.98. The summed E-state index contributed by atoms with van der Waals surface area (Å²) in [6, 6.07) is 4.81. The van der Waals surface area contributed by atoms with E-state index < -0.39 is 15.8 Å². The Kier molecular flexibility index (Phi) is 4.38. The van der Waals surface area contributed by atoms with Gasteiger partial charge in [0.2, 0.25) is 10.0 Å². The van der Waals surface area contributed by atoms with E-state index in [4.69, 9.17) is 11.0 Å². The average Bonchev–Trinajstić information content (AvgIpc) is 2.41. The Morgan fingerprint density at radius 1 is 1.30 bits per heavy atom. The molecule has 0 atom stereocenters. The van der Waals surface area contributed by atoms with Gasteiger partial charge in [0.1, 0.15) is 11.9 Å². The van der Waals surface area contributed by atoms with Crippen LogP contribution in [0.1, 0.15) is 31.2 Å². The van der Waals surface area contributed by atoms with E-state index in [0.29, 0.717) is 12.8 Å². The first-order valence-electron chi connectivity index (χ1n) is 6.40. The molecule has 0 aliphatic heterocycles. The Balaban J connectivity index is 2.16. The lowest BCUT2D eigenvalue weighted by Gasteiger charge is -2.26. The van der Waals surface area contributed by atoms with Crippen LogP contribution in [0.3, 0.4) is 0 Å². The molecule has 1 aliphatic carbocycles. The Labute approximate surface area is 117 Å². The molecule has 20 heavy (non-hydrogen) atoms. The van der Waals surface area contributed by atoms with Crippen LogP contribution in [0.4, 0.5) is 4.39 Å². The fourth-order valence-electron chi connectivity index (χ4n) is 2.28. The van der Waals surface area contributed by atoms with E-state index in [0.717, 1.165) is 31.0 Å². The highest BCUT2D eigenvalue weighted by molar-refractivity contribution is 7.89. The Bertz CT molecular complexity index is 632. The fraction of sp³-hybridized carbons (Fsp3) is 0.462. The van der Waals surface area contributed by atoms with E-state index in [9.17, 15) is 12.8 Å². The number of nitrogens with one attached hydrogen (secondary N) is 1. The van der Waals surface area contributed by atoms with Gasteiger partial charge in [-0.1, -0.05) is 0 Å². The molecule has 0 amide bonds. The van der Waals surface area contributed by atoms with Gasteiger partial charge < -0.3 is 5.73 Å². The second-order valence-electron chi connectivity index (χ2n) is 4.99. The van der Waals surface area contributed by atoms with Crippen LogP contribution >= 0.6 is 0 Å². The Morgan fingerprint density at radius 2 is 1.95 bits per heavy atom. The molecule has 108 valence electrons. The Morgan fingerprint density at radius 3 is 2.55 bits per heavy atom. The number of nitrogens with two attached hydrogens (primary N) is 1. The molecule has 1 aromatic rings. The van der Waals surface area contributed by atoms with Crippen LogP contribution in [-0.4, -0.2) is 20.5 Å². The maximum atomic E-state index is 13.2. The summed E-state index contributed by atoms with van der Waals surface area (Å²) in [6.07, 6.45) is 2.93. The van der Waals surface area contributed by atoms with E-state index in [1.165, 1.54) is 0 Å². The molecule has 1 fully saturated rings. The van der Waals surface area contributed by atoms with Crippen LogP contribution in [0.25, 0.3) is 0 Å². The molecule has 0 unspecified atom stereocenters. The van der Waals surface area contributed by atoms with Crippen LogP contribution in [0.5, 0.6) is 0 Å². The molecule has 0 radical (unpaired) electrons. The minimum Gasteiger partial charge on any atom is -0.328 e. The zero-order valence-electron chi connectivity index (χ0n) is 10.8. The minimum atomic E-state index is -3.74. The maximum Gasteiger partial charge on any atom is 0.240 e. The highest BCUT2D eigenvalue weighted by Crippen LogP contribution is 2.20. The summed E-state index contributed by atoms with van der Waals surface area (Å²) in [5.74, 6) is -0.727. The summed E-state index contributed by atoms with van der Waals surface area (Å²) < 4.78 is 40.2. The van der Waals surface area contributed by atoms with Gasteiger partial charge in [-0.05, 0) is 43.9 Å². The van der Waals surface area contributed by atoms with Crippen LogP contribution in [-0.2, 0) is 10.0 Å². The molecule has 1 aromatic carbocycles. The predicted octanol–water partition coefficient (Wildman–Crippen LogP) is 1.25. The van der Waals surface area contributed by atoms with Crippen molar-refractivity contribution in [2.24, 2.45) is 5.73 Å². The summed E-state index contributed by atoms with van der Waals surface area (Å²) in [5.41, 5.74) is 5.49. The van der Waals surface area contributed by atoms with Crippen molar-refractivity contribution in [1.29, 1.82) is 5.26 Å². The number of sulfonamides is 1. The average molecular weight is 297 g/mol. The molecule has 5 nitrogen and oxygen atoms in total. The van der Waals surface area contributed by atoms with Gasteiger partial charge in [0.15, 0.2) is 0 Å². The molecule has 0 saturated heterocycles. The third kappa shape index (κ3) is 3.33. The first-order valence-corrected chi connectivity index (χ1v) is 7.88. The number of hydrogen-bond donors (Lipinski definition) is 2. The molecule has 0 heterocycles. The van der Waals surface area contributed by atoms with Crippen molar-refractivity contribution in [2.45, 2.75) is 42.7 Å². The number of halogens is 1. The van der Waals surface area contributed by atoms with Gasteiger partial charge in [0.05, 0.1) is 10.5 Å². The molecule has 2 rings (SSSR count). The highest BCUT2D eigenvalue weighted by atomic mass is 32.2. The highest BCUT2D eigenvalue weighted by Gasteiger charge is 2.24. The molecule has 0 aromatic heterocycles. The summed E-state index contributed by atoms with van der Waals surface area (Å²) >= 11 is 0. The lowest BCUT2D eigenvalue weighted by Crippen LogP contribution is -2.40. The van der Waals surface area contributed by atoms with Crippen molar-refractivity contribution in [3.8, 4) is 6.07 Å². The van der Waals surface area contributed by atoms with Gasteiger partial charge in [0.25, 0.3) is 0 Å². The lowest BCUT2D eigenvalue weighted by atomic mass is 9.93. The molecule has 1 saturated carbocycles. The summed E-state index contributed by atoms with van der Waals surface area (Å²) in [4.78, 5) is -0.0923. The van der Waals surface area contributed by atoms with E-state index in [1.807, 2.05) is 0 Å². The van der Waals surface area contributed by atoms with Gasteiger partial charge in [-0.2, -0.15) is 5.26 Å². The predicted molar refractivity (Wildman–Crippen MR) is 71.7 cm³/mol. The molecular weight excluding hydrogens is 281 g/mol. The van der Waals surface area contributed by atoms with E-state index in [1.54, 1.807) is 6.07 Å². The summed E-state index contributed by atoms with van der Waals surface area (Å²) in [6.45, 7) is 0. The maximum absolute atomic E-state index is 13.2. The topological polar surface area (TPSA) is 96.0 Å². The standard InChI is InChI=1S/C13H16FN3O2S/c14-13-6-5-12(7-9(13)8-15)20(18,19)17-11-3-1-10(16)2-4-11/h5-7,10-11,17H,1-4,16H2. The van der Waals surface area contributed by atoms with Gasteiger partial charge in [-0.25, -0.2) is 17.5 Å². The van der Waals surface area contributed by atoms with Crippen molar-refractivity contribution < 1.29 is 12.8 Å². The number of benzene rings is 1. The number of nitriles is 1. The molecule has 3 N–H and O–H groups in total. The largest absolute Gasteiger partial charge is 0.328 e. The van der Waals surface area contributed by atoms with E-state index in [2.05, 4.69) is 4.72 Å². The van der Waals surface area contributed by atoms with Gasteiger partial charge in [0, 0.05) is 12.1 Å². The summed E-state index contributed by atoms with van der Waals surface area (Å²) in [5, 5.41) is 8.74. The smallest absolute Gasteiger partial charge is 0.240 e. The van der Waals surface area contributed by atoms with Crippen LogP contribution in [0.15, 0.2) is 23.1 Å². The number of hydrogen-bond acceptors (Lipinski definition) is 4. The molecule has 7 heteroatoms. The SMILES string of the molecule is N#Cc1cc(S(=O)(=O)NC2CCC(N)CC2)ccc1F. The normalized spacial score (nSPS) is 23.2. The van der Waals surface area contributed by atoms with E-state index in [-0.39, 0.29) is 22.5 Å².